The van der Waals surface area contributed by atoms with Crippen molar-refractivity contribution in [2.24, 2.45) is 0 Å². The predicted molar refractivity (Wildman–Crippen MR) is 74.0 cm³/mol. The minimum absolute atomic E-state index is 0.0874. The summed E-state index contributed by atoms with van der Waals surface area (Å²) < 4.78 is 27.0. The van der Waals surface area contributed by atoms with Crippen LogP contribution in [0.25, 0.3) is 0 Å². The van der Waals surface area contributed by atoms with E-state index in [1.165, 1.54) is 13.2 Å². The van der Waals surface area contributed by atoms with Crippen LogP contribution in [0.2, 0.25) is 0 Å². The molecule has 0 N–H and O–H groups in total. The van der Waals surface area contributed by atoms with Gasteiger partial charge in [0.15, 0.2) is 0 Å². The Morgan fingerprint density at radius 2 is 1.72 bits per heavy atom. The van der Waals surface area contributed by atoms with E-state index in [0.717, 1.165) is 0 Å². The molecule has 106 valence electrons. The highest BCUT2D eigenvalue weighted by atomic mass is 79.9. The van der Waals surface area contributed by atoms with Gasteiger partial charge >= 0.3 is 13.6 Å². The number of hydrogen-bond donors (Lipinski definition) is 0. The number of esters is 1. The van der Waals surface area contributed by atoms with Gasteiger partial charge in [0, 0.05) is 4.32 Å². The molecule has 0 aromatic heterocycles. The molecule has 0 aliphatic heterocycles. The standard InChI is InChI=1S/C11H20BrO5P/c1-6-16-18(14,17-7-2)9(10(13)15-5)8-11(3,4)12/h8H,6-7H2,1-5H3/b9-8+. The predicted octanol–water partition coefficient (Wildman–Crippen LogP) is 3.48. The number of allylic oxidation sites excluding steroid dienone is 1. The van der Waals surface area contributed by atoms with Crippen molar-refractivity contribution in [2.75, 3.05) is 20.3 Å². The average Bonchev–Trinajstić information content (AvgIpc) is 2.24. The smallest absolute Gasteiger partial charge is 0.368 e. The van der Waals surface area contributed by atoms with Crippen molar-refractivity contribution >= 4 is 29.5 Å². The Morgan fingerprint density at radius 3 is 2.00 bits per heavy atom. The number of halogens is 1. The Kier molecular flexibility index (Phi) is 7.37. The van der Waals surface area contributed by atoms with Crippen LogP contribution in [-0.2, 0) is 23.1 Å². The van der Waals surface area contributed by atoms with Crippen LogP contribution in [0, 0.1) is 0 Å². The van der Waals surface area contributed by atoms with Gasteiger partial charge in [-0.1, -0.05) is 15.9 Å². The van der Waals surface area contributed by atoms with E-state index in [0.29, 0.717) is 0 Å². The van der Waals surface area contributed by atoms with Crippen molar-refractivity contribution < 1.29 is 23.1 Å². The zero-order valence-corrected chi connectivity index (χ0v) is 13.8. The summed E-state index contributed by atoms with van der Waals surface area (Å²) >= 11 is 3.35. The maximum absolute atomic E-state index is 12.6. The second kappa shape index (κ2) is 7.43. The fraction of sp³-hybridized carbons (Fsp3) is 0.727. The molecular formula is C11H20BrO5P. The van der Waals surface area contributed by atoms with Crippen LogP contribution in [0.3, 0.4) is 0 Å². The zero-order valence-electron chi connectivity index (χ0n) is 11.4. The molecular weight excluding hydrogens is 323 g/mol. The van der Waals surface area contributed by atoms with Gasteiger partial charge < -0.3 is 13.8 Å². The normalized spacial score (nSPS) is 13.6. The van der Waals surface area contributed by atoms with Gasteiger partial charge in [-0.05, 0) is 33.8 Å². The van der Waals surface area contributed by atoms with Crippen molar-refractivity contribution in [3.63, 3.8) is 0 Å². The van der Waals surface area contributed by atoms with Crippen LogP contribution in [0.4, 0.5) is 0 Å². The second-order valence-corrected chi connectivity index (χ2v) is 7.96. The summed E-state index contributed by atoms with van der Waals surface area (Å²) in [5.41, 5.74) is 0. The molecule has 0 atom stereocenters. The first-order chi connectivity index (χ1) is 8.20. The lowest BCUT2D eigenvalue weighted by atomic mass is 10.2. The molecule has 0 rings (SSSR count). The van der Waals surface area contributed by atoms with Crippen molar-refractivity contribution in [1.29, 1.82) is 0 Å². The summed E-state index contributed by atoms with van der Waals surface area (Å²) in [5.74, 6) is -0.715. The second-order valence-electron chi connectivity index (χ2n) is 3.92. The molecule has 0 aromatic carbocycles. The van der Waals surface area contributed by atoms with E-state index < -0.39 is 17.9 Å². The van der Waals surface area contributed by atoms with Gasteiger partial charge in [-0.25, -0.2) is 4.79 Å². The minimum Gasteiger partial charge on any atom is -0.465 e. The van der Waals surface area contributed by atoms with Gasteiger partial charge in [0.1, 0.15) is 5.31 Å². The number of hydrogen-bond acceptors (Lipinski definition) is 5. The summed E-state index contributed by atoms with van der Waals surface area (Å²) in [5, 5.41) is -0.0874. The Bertz CT molecular complexity index is 349. The van der Waals surface area contributed by atoms with Crippen molar-refractivity contribution in [3.05, 3.63) is 11.4 Å². The molecule has 0 heterocycles. The monoisotopic (exact) mass is 342 g/mol. The number of carbonyl (C=O) groups is 1. The third-order valence-electron chi connectivity index (χ3n) is 1.77. The Labute approximate surface area is 117 Å². The van der Waals surface area contributed by atoms with Crippen LogP contribution in [0.5, 0.6) is 0 Å². The highest BCUT2D eigenvalue weighted by Gasteiger charge is 2.37. The lowest BCUT2D eigenvalue weighted by Gasteiger charge is -2.21. The fourth-order valence-electron chi connectivity index (χ4n) is 1.20. The first-order valence-corrected chi connectivity index (χ1v) is 7.93. The lowest BCUT2D eigenvalue weighted by molar-refractivity contribution is -0.135. The van der Waals surface area contributed by atoms with Gasteiger partial charge in [-0.15, -0.1) is 0 Å². The van der Waals surface area contributed by atoms with Crippen LogP contribution in [-0.4, -0.2) is 30.6 Å². The van der Waals surface area contributed by atoms with E-state index in [1.54, 1.807) is 27.7 Å². The quantitative estimate of drug-likeness (QED) is 0.307. The topological polar surface area (TPSA) is 61.8 Å². The summed E-state index contributed by atoms with van der Waals surface area (Å²) in [4.78, 5) is 11.7. The molecule has 0 bridgehead atoms. The summed E-state index contributed by atoms with van der Waals surface area (Å²) in [7, 11) is -2.42. The van der Waals surface area contributed by atoms with Gasteiger partial charge in [0.2, 0.25) is 0 Å². The molecule has 7 heteroatoms. The molecule has 0 aliphatic rings. The minimum atomic E-state index is -3.64. The summed E-state index contributed by atoms with van der Waals surface area (Å²) in [6, 6.07) is 0. The highest BCUT2D eigenvalue weighted by molar-refractivity contribution is 9.10. The molecule has 18 heavy (non-hydrogen) atoms. The number of rotatable bonds is 7. The van der Waals surface area contributed by atoms with E-state index in [9.17, 15) is 9.36 Å². The Hall–Kier alpha value is -0.160. The third-order valence-corrected chi connectivity index (χ3v) is 4.09. The largest absolute Gasteiger partial charge is 0.465 e. The molecule has 0 saturated heterocycles. The molecule has 0 radical (unpaired) electrons. The van der Waals surface area contributed by atoms with E-state index in [1.807, 2.05) is 0 Å². The lowest BCUT2D eigenvalue weighted by Crippen LogP contribution is -2.14. The molecule has 0 fully saturated rings. The zero-order chi connectivity index (χ0) is 14.4. The SMILES string of the molecule is CCOP(=O)(OCC)/C(=C/C(C)(C)Br)C(=O)OC. The van der Waals surface area contributed by atoms with Crippen LogP contribution in [0.1, 0.15) is 27.7 Å². The van der Waals surface area contributed by atoms with Gasteiger partial charge in [0.05, 0.1) is 20.3 Å². The number of methoxy groups -OCH3 is 1. The van der Waals surface area contributed by atoms with E-state index >= 15 is 0 Å². The average molecular weight is 343 g/mol. The Morgan fingerprint density at radius 1 is 1.28 bits per heavy atom. The summed E-state index contributed by atoms with van der Waals surface area (Å²) in [6.07, 6.45) is 1.49. The highest BCUT2D eigenvalue weighted by Crippen LogP contribution is 2.57. The van der Waals surface area contributed by atoms with E-state index in [-0.39, 0.29) is 18.5 Å². The number of alkyl halides is 1. The maximum Gasteiger partial charge on any atom is 0.368 e. The molecule has 0 spiro atoms. The van der Waals surface area contributed by atoms with Crippen LogP contribution in [0.15, 0.2) is 11.4 Å². The van der Waals surface area contributed by atoms with Crippen molar-refractivity contribution in [2.45, 2.75) is 32.0 Å². The number of ether oxygens (including phenoxy) is 1. The fourth-order valence-corrected chi connectivity index (χ4v) is 3.43. The number of carbonyl (C=O) groups excluding carboxylic acids is 1. The van der Waals surface area contributed by atoms with Crippen LogP contribution >= 0.6 is 23.5 Å². The van der Waals surface area contributed by atoms with Gasteiger partial charge in [-0.3, -0.25) is 4.57 Å². The molecule has 0 saturated carbocycles. The molecule has 0 aromatic rings. The van der Waals surface area contributed by atoms with E-state index in [4.69, 9.17) is 9.05 Å². The summed E-state index contributed by atoms with van der Waals surface area (Å²) in [6.45, 7) is 7.32. The van der Waals surface area contributed by atoms with Gasteiger partial charge in [-0.2, -0.15) is 0 Å². The molecule has 0 amide bonds. The van der Waals surface area contributed by atoms with Gasteiger partial charge in [0.25, 0.3) is 0 Å². The Balaban J connectivity index is 5.60. The first-order valence-electron chi connectivity index (χ1n) is 5.60. The van der Waals surface area contributed by atoms with Crippen LogP contribution < -0.4 is 0 Å². The van der Waals surface area contributed by atoms with Crippen molar-refractivity contribution in [1.82, 2.24) is 0 Å². The molecule has 0 unspecified atom stereocenters. The van der Waals surface area contributed by atoms with Crippen molar-refractivity contribution in [3.8, 4) is 0 Å². The molecule has 0 aliphatic carbocycles. The third kappa shape index (κ3) is 5.65. The molecule has 5 nitrogen and oxygen atoms in total. The van der Waals surface area contributed by atoms with E-state index in [2.05, 4.69) is 20.7 Å². The first kappa shape index (κ1) is 17.8. The maximum atomic E-state index is 12.6.